The number of methoxy groups -OCH3 is 1. The third-order valence-corrected chi connectivity index (χ3v) is 3.95. The van der Waals surface area contributed by atoms with Crippen LogP contribution in [0.2, 0.25) is 0 Å². The van der Waals surface area contributed by atoms with E-state index in [4.69, 9.17) is 4.74 Å². The van der Waals surface area contributed by atoms with E-state index in [1.54, 1.807) is 31.4 Å². The van der Waals surface area contributed by atoms with Crippen molar-refractivity contribution >= 4 is 11.9 Å². The van der Waals surface area contributed by atoms with Crippen molar-refractivity contribution in [3.8, 4) is 5.75 Å². The topological polar surface area (TPSA) is 75.6 Å². The number of benzene rings is 1. The molecule has 0 saturated heterocycles. The first kappa shape index (κ1) is 14.4. The third kappa shape index (κ3) is 2.92. The van der Waals surface area contributed by atoms with Crippen LogP contribution in [0.15, 0.2) is 24.3 Å². The Kier molecular flexibility index (Phi) is 4.27. The van der Waals surface area contributed by atoms with Crippen molar-refractivity contribution in [3.05, 3.63) is 29.8 Å². The smallest absolute Gasteiger partial charge is 0.311 e. The van der Waals surface area contributed by atoms with Crippen LogP contribution in [-0.4, -0.2) is 30.6 Å². The van der Waals surface area contributed by atoms with Gasteiger partial charge in [-0.3, -0.25) is 9.59 Å². The molecule has 1 saturated carbocycles. The van der Waals surface area contributed by atoms with Crippen molar-refractivity contribution in [2.45, 2.75) is 25.7 Å². The number of carboxylic acid groups (broad SMARTS) is 1. The fourth-order valence-electron chi connectivity index (χ4n) is 2.61. The molecule has 0 aliphatic heterocycles. The van der Waals surface area contributed by atoms with Crippen LogP contribution in [0.25, 0.3) is 0 Å². The van der Waals surface area contributed by atoms with E-state index in [1.165, 1.54) is 0 Å². The quantitative estimate of drug-likeness (QED) is 0.864. The van der Waals surface area contributed by atoms with Crippen LogP contribution in [0.5, 0.6) is 5.75 Å². The van der Waals surface area contributed by atoms with Gasteiger partial charge in [-0.2, -0.15) is 0 Å². The molecule has 0 radical (unpaired) electrons. The highest BCUT2D eigenvalue weighted by molar-refractivity contribution is 5.94. The van der Waals surface area contributed by atoms with Crippen molar-refractivity contribution in [2.24, 2.45) is 5.41 Å². The van der Waals surface area contributed by atoms with Gasteiger partial charge in [-0.1, -0.05) is 12.8 Å². The monoisotopic (exact) mass is 277 g/mol. The Bertz CT molecular complexity index is 489. The first-order valence-electron chi connectivity index (χ1n) is 6.73. The van der Waals surface area contributed by atoms with Gasteiger partial charge in [0.05, 0.1) is 12.5 Å². The minimum Gasteiger partial charge on any atom is -0.497 e. The number of carboxylic acids is 1. The van der Waals surface area contributed by atoms with E-state index >= 15 is 0 Å². The van der Waals surface area contributed by atoms with Crippen molar-refractivity contribution < 1.29 is 19.4 Å². The fourth-order valence-corrected chi connectivity index (χ4v) is 2.61. The molecule has 0 heterocycles. The molecule has 0 atom stereocenters. The summed E-state index contributed by atoms with van der Waals surface area (Å²) in [6, 6.07) is 6.74. The summed E-state index contributed by atoms with van der Waals surface area (Å²) in [6.07, 6.45) is 3.08. The van der Waals surface area contributed by atoms with Crippen molar-refractivity contribution in [1.29, 1.82) is 0 Å². The van der Waals surface area contributed by atoms with E-state index in [1.807, 2.05) is 0 Å². The zero-order valence-corrected chi connectivity index (χ0v) is 11.5. The van der Waals surface area contributed by atoms with Gasteiger partial charge in [0.1, 0.15) is 5.75 Å². The molecule has 0 aromatic heterocycles. The Morgan fingerprint density at radius 2 is 1.85 bits per heavy atom. The minimum atomic E-state index is -0.815. The standard InChI is InChI=1S/C15H19NO4/c1-20-12-6-4-11(5-7-12)13(17)16-10-15(14(18)19)8-2-3-9-15/h4-7H,2-3,8-10H2,1H3,(H,16,17)(H,18,19). The van der Waals surface area contributed by atoms with Crippen LogP contribution in [0.3, 0.4) is 0 Å². The van der Waals surface area contributed by atoms with Gasteiger partial charge in [0, 0.05) is 12.1 Å². The maximum Gasteiger partial charge on any atom is 0.311 e. The highest BCUT2D eigenvalue weighted by atomic mass is 16.5. The lowest BCUT2D eigenvalue weighted by Crippen LogP contribution is -2.41. The summed E-state index contributed by atoms with van der Waals surface area (Å²) in [4.78, 5) is 23.4. The average Bonchev–Trinajstić information content (AvgIpc) is 2.95. The first-order chi connectivity index (χ1) is 9.57. The van der Waals surface area contributed by atoms with Crippen molar-refractivity contribution in [3.63, 3.8) is 0 Å². The van der Waals surface area contributed by atoms with E-state index in [2.05, 4.69) is 5.32 Å². The SMILES string of the molecule is COc1ccc(C(=O)NCC2(C(=O)O)CCCC2)cc1. The second-order valence-corrected chi connectivity index (χ2v) is 5.20. The number of ether oxygens (including phenoxy) is 1. The van der Waals surface area contributed by atoms with Crippen molar-refractivity contribution in [2.75, 3.05) is 13.7 Å². The Balaban J connectivity index is 1.98. The molecule has 2 rings (SSSR count). The first-order valence-corrected chi connectivity index (χ1v) is 6.73. The minimum absolute atomic E-state index is 0.188. The maximum absolute atomic E-state index is 12.0. The Hall–Kier alpha value is -2.04. The summed E-state index contributed by atoms with van der Waals surface area (Å²) >= 11 is 0. The van der Waals surface area contributed by atoms with Gasteiger partial charge >= 0.3 is 5.97 Å². The van der Waals surface area contributed by atoms with E-state index in [9.17, 15) is 14.7 Å². The molecule has 2 N–H and O–H groups in total. The molecule has 1 amide bonds. The number of carbonyl (C=O) groups excluding carboxylic acids is 1. The molecular weight excluding hydrogens is 258 g/mol. The van der Waals surface area contributed by atoms with Gasteiger partial charge in [-0.05, 0) is 37.1 Å². The highest BCUT2D eigenvalue weighted by Gasteiger charge is 2.41. The van der Waals surface area contributed by atoms with E-state index in [0.717, 1.165) is 12.8 Å². The van der Waals surface area contributed by atoms with Crippen LogP contribution < -0.4 is 10.1 Å². The highest BCUT2D eigenvalue weighted by Crippen LogP contribution is 2.37. The Morgan fingerprint density at radius 3 is 2.35 bits per heavy atom. The molecule has 1 aliphatic rings. The van der Waals surface area contributed by atoms with Gasteiger partial charge in [0.15, 0.2) is 0 Å². The lowest BCUT2D eigenvalue weighted by Gasteiger charge is -2.23. The molecule has 5 nitrogen and oxygen atoms in total. The molecular formula is C15H19NO4. The van der Waals surface area contributed by atoms with Crippen LogP contribution in [0, 0.1) is 5.41 Å². The largest absolute Gasteiger partial charge is 0.497 e. The van der Waals surface area contributed by atoms with Gasteiger partial charge < -0.3 is 15.2 Å². The van der Waals surface area contributed by atoms with Gasteiger partial charge in [0.25, 0.3) is 5.91 Å². The Labute approximate surface area is 117 Å². The lowest BCUT2D eigenvalue weighted by atomic mass is 9.86. The molecule has 1 aromatic carbocycles. The van der Waals surface area contributed by atoms with Crippen LogP contribution >= 0.6 is 0 Å². The second-order valence-electron chi connectivity index (χ2n) is 5.20. The summed E-state index contributed by atoms with van der Waals surface area (Å²) in [6.45, 7) is 0.188. The molecule has 0 bridgehead atoms. The van der Waals surface area contributed by atoms with Crippen molar-refractivity contribution in [1.82, 2.24) is 5.32 Å². The zero-order chi connectivity index (χ0) is 14.6. The predicted octanol–water partition coefficient (Wildman–Crippen LogP) is 2.07. The molecule has 1 aliphatic carbocycles. The normalized spacial score (nSPS) is 16.6. The number of amides is 1. The van der Waals surface area contributed by atoms with Crippen LogP contribution in [0.4, 0.5) is 0 Å². The predicted molar refractivity (Wildman–Crippen MR) is 73.9 cm³/mol. The lowest BCUT2D eigenvalue weighted by molar-refractivity contribution is -0.148. The second kappa shape index (κ2) is 5.94. The number of hydrogen-bond acceptors (Lipinski definition) is 3. The fraction of sp³-hybridized carbons (Fsp3) is 0.467. The molecule has 5 heteroatoms. The molecule has 1 aromatic rings. The summed E-state index contributed by atoms with van der Waals surface area (Å²) < 4.78 is 5.03. The van der Waals surface area contributed by atoms with E-state index < -0.39 is 11.4 Å². The molecule has 108 valence electrons. The summed E-state index contributed by atoms with van der Waals surface area (Å²) in [5.41, 5.74) is -0.286. The summed E-state index contributed by atoms with van der Waals surface area (Å²) in [5.74, 6) is -0.385. The third-order valence-electron chi connectivity index (χ3n) is 3.95. The zero-order valence-electron chi connectivity index (χ0n) is 11.5. The number of carbonyl (C=O) groups is 2. The molecule has 0 spiro atoms. The molecule has 0 unspecified atom stereocenters. The van der Waals surface area contributed by atoms with E-state index in [0.29, 0.717) is 24.2 Å². The maximum atomic E-state index is 12.0. The average molecular weight is 277 g/mol. The Morgan fingerprint density at radius 1 is 1.25 bits per heavy atom. The van der Waals surface area contributed by atoms with Crippen LogP contribution in [-0.2, 0) is 4.79 Å². The number of rotatable bonds is 5. The summed E-state index contributed by atoms with van der Waals surface area (Å²) in [5, 5.41) is 12.1. The molecule has 20 heavy (non-hydrogen) atoms. The van der Waals surface area contributed by atoms with Crippen LogP contribution in [0.1, 0.15) is 36.0 Å². The van der Waals surface area contributed by atoms with Gasteiger partial charge in [-0.15, -0.1) is 0 Å². The van der Waals surface area contributed by atoms with Gasteiger partial charge in [-0.25, -0.2) is 0 Å². The number of nitrogens with one attached hydrogen (secondary N) is 1. The molecule has 1 fully saturated rings. The van der Waals surface area contributed by atoms with E-state index in [-0.39, 0.29) is 12.5 Å². The summed E-state index contributed by atoms with van der Waals surface area (Å²) in [7, 11) is 1.56. The number of hydrogen-bond donors (Lipinski definition) is 2. The number of aliphatic carboxylic acids is 1. The van der Waals surface area contributed by atoms with Gasteiger partial charge in [0.2, 0.25) is 0 Å².